The van der Waals surface area contributed by atoms with Gasteiger partial charge in [-0.1, -0.05) is 44.2 Å². The molecule has 1 aromatic carbocycles. The molecule has 0 bridgehead atoms. The third-order valence-corrected chi connectivity index (χ3v) is 4.55. The van der Waals surface area contributed by atoms with E-state index in [4.69, 9.17) is 4.74 Å². The lowest BCUT2D eigenvalue weighted by atomic mass is 9.85. The summed E-state index contributed by atoms with van der Waals surface area (Å²) >= 11 is 0. The highest BCUT2D eigenvalue weighted by atomic mass is 16.5. The number of aromatic nitrogens is 2. The van der Waals surface area contributed by atoms with E-state index in [0.717, 1.165) is 26.0 Å². The summed E-state index contributed by atoms with van der Waals surface area (Å²) in [6.45, 7) is 6.33. The van der Waals surface area contributed by atoms with Crippen molar-refractivity contribution in [2.75, 3.05) is 18.5 Å². The summed E-state index contributed by atoms with van der Waals surface area (Å²) < 4.78 is 7.42. The summed E-state index contributed by atoms with van der Waals surface area (Å²) in [6, 6.07) is 9.96. The number of nitrogens with one attached hydrogen (secondary N) is 2. The number of ether oxygens (including phenoxy) is 1. The van der Waals surface area contributed by atoms with Gasteiger partial charge in [-0.15, -0.1) is 0 Å². The average Bonchev–Trinajstić information content (AvgIpc) is 3.27. The Balaban J connectivity index is 1.48. The first-order valence-electron chi connectivity index (χ1n) is 8.77. The summed E-state index contributed by atoms with van der Waals surface area (Å²) in [5.74, 6) is 0. The van der Waals surface area contributed by atoms with Crippen LogP contribution in [0.1, 0.15) is 32.3 Å². The van der Waals surface area contributed by atoms with Gasteiger partial charge in [-0.3, -0.25) is 4.68 Å². The molecule has 0 saturated carbocycles. The highest BCUT2D eigenvalue weighted by molar-refractivity contribution is 5.88. The molecule has 1 aromatic heterocycles. The van der Waals surface area contributed by atoms with Gasteiger partial charge in [0.1, 0.15) is 0 Å². The van der Waals surface area contributed by atoms with Crippen LogP contribution in [0.5, 0.6) is 0 Å². The third-order valence-electron chi connectivity index (χ3n) is 4.55. The Morgan fingerprint density at radius 3 is 2.88 bits per heavy atom. The van der Waals surface area contributed by atoms with Crippen molar-refractivity contribution in [1.82, 2.24) is 15.1 Å². The lowest BCUT2D eigenvalue weighted by Gasteiger charge is -2.25. The topological polar surface area (TPSA) is 68.2 Å². The molecule has 1 unspecified atom stereocenters. The van der Waals surface area contributed by atoms with Gasteiger partial charge in [0.15, 0.2) is 0 Å². The highest BCUT2D eigenvalue weighted by Crippen LogP contribution is 2.21. The van der Waals surface area contributed by atoms with E-state index >= 15 is 0 Å². The predicted molar refractivity (Wildman–Crippen MR) is 97.7 cm³/mol. The van der Waals surface area contributed by atoms with Gasteiger partial charge in [0.05, 0.1) is 24.5 Å². The van der Waals surface area contributed by atoms with Gasteiger partial charge in [-0.2, -0.15) is 5.10 Å². The van der Waals surface area contributed by atoms with Crippen LogP contribution in [0, 0.1) is 0 Å². The number of nitrogens with zero attached hydrogens (tertiary/aromatic N) is 2. The number of urea groups is 1. The number of hydrogen-bond donors (Lipinski definition) is 2. The molecular formula is C19H26N4O2. The molecule has 134 valence electrons. The van der Waals surface area contributed by atoms with E-state index in [1.807, 2.05) is 29.1 Å². The first-order chi connectivity index (χ1) is 12.0. The van der Waals surface area contributed by atoms with Crippen LogP contribution in [0.2, 0.25) is 0 Å². The summed E-state index contributed by atoms with van der Waals surface area (Å²) in [6.07, 6.45) is 5.91. The van der Waals surface area contributed by atoms with Crippen molar-refractivity contribution in [1.29, 1.82) is 0 Å². The number of carbonyl (C=O) groups is 1. The van der Waals surface area contributed by atoms with E-state index in [9.17, 15) is 4.79 Å². The molecule has 1 fully saturated rings. The van der Waals surface area contributed by atoms with E-state index in [0.29, 0.717) is 12.2 Å². The molecule has 2 aromatic rings. The summed E-state index contributed by atoms with van der Waals surface area (Å²) in [4.78, 5) is 12.2. The molecule has 1 atom stereocenters. The molecule has 6 heteroatoms. The fourth-order valence-electron chi connectivity index (χ4n) is 2.99. The molecule has 0 radical (unpaired) electrons. The van der Waals surface area contributed by atoms with Gasteiger partial charge in [0, 0.05) is 24.8 Å². The number of hydrogen-bond acceptors (Lipinski definition) is 3. The number of benzene rings is 1. The average molecular weight is 342 g/mol. The van der Waals surface area contributed by atoms with E-state index in [1.165, 1.54) is 5.56 Å². The van der Waals surface area contributed by atoms with Crippen LogP contribution in [0.15, 0.2) is 42.7 Å². The molecule has 0 spiro atoms. The van der Waals surface area contributed by atoms with E-state index < -0.39 is 0 Å². The van der Waals surface area contributed by atoms with Crippen LogP contribution in [-0.2, 0) is 16.7 Å². The maximum absolute atomic E-state index is 12.2. The highest BCUT2D eigenvalue weighted by Gasteiger charge is 2.21. The lowest BCUT2D eigenvalue weighted by Crippen LogP contribution is -2.38. The largest absolute Gasteiger partial charge is 0.376 e. The lowest BCUT2D eigenvalue weighted by molar-refractivity contribution is 0.0940. The van der Waals surface area contributed by atoms with Crippen LogP contribution < -0.4 is 10.6 Å². The Morgan fingerprint density at radius 1 is 1.36 bits per heavy atom. The maximum Gasteiger partial charge on any atom is 0.319 e. The van der Waals surface area contributed by atoms with Gasteiger partial charge in [0.2, 0.25) is 0 Å². The Labute approximate surface area is 148 Å². The van der Waals surface area contributed by atoms with Crippen LogP contribution in [-0.4, -0.2) is 35.1 Å². The van der Waals surface area contributed by atoms with E-state index in [1.54, 1.807) is 6.20 Å². The minimum absolute atomic E-state index is 0.136. The molecule has 1 aliphatic rings. The molecular weight excluding hydrogens is 316 g/mol. The van der Waals surface area contributed by atoms with Crippen LogP contribution >= 0.6 is 0 Å². The second-order valence-electron chi connectivity index (χ2n) is 7.14. The predicted octanol–water partition coefficient (Wildman–Crippen LogP) is 3.16. The van der Waals surface area contributed by atoms with Gasteiger partial charge >= 0.3 is 6.03 Å². The SMILES string of the molecule is CC(C)(CNC(=O)Nc1cnn(CC2CCCO2)c1)c1ccccc1. The molecule has 25 heavy (non-hydrogen) atoms. The minimum Gasteiger partial charge on any atom is -0.376 e. The van der Waals surface area contributed by atoms with Crippen molar-refractivity contribution in [3.05, 3.63) is 48.3 Å². The van der Waals surface area contributed by atoms with Gasteiger partial charge < -0.3 is 15.4 Å². The molecule has 2 heterocycles. The monoisotopic (exact) mass is 342 g/mol. The zero-order valence-electron chi connectivity index (χ0n) is 14.9. The van der Waals surface area contributed by atoms with Crippen molar-refractivity contribution in [2.24, 2.45) is 0 Å². The number of carbonyl (C=O) groups excluding carboxylic acids is 1. The number of rotatable bonds is 6. The molecule has 0 aliphatic carbocycles. The molecule has 6 nitrogen and oxygen atoms in total. The standard InChI is InChI=1S/C19H26N4O2/c1-19(2,15-7-4-3-5-8-15)14-20-18(24)22-16-11-21-23(12-16)13-17-9-6-10-25-17/h3-5,7-8,11-12,17H,6,9-10,13-14H2,1-2H3,(H2,20,22,24). The molecule has 1 aliphatic heterocycles. The Bertz CT molecular complexity index is 690. The molecule has 1 saturated heterocycles. The maximum atomic E-state index is 12.2. The molecule has 2 amide bonds. The smallest absolute Gasteiger partial charge is 0.319 e. The molecule has 2 N–H and O–H groups in total. The third kappa shape index (κ3) is 4.82. The van der Waals surface area contributed by atoms with Crippen LogP contribution in [0.4, 0.5) is 10.5 Å². The van der Waals surface area contributed by atoms with Crippen molar-refractivity contribution in [3.8, 4) is 0 Å². The summed E-state index contributed by atoms with van der Waals surface area (Å²) in [5.41, 5.74) is 1.75. The van der Waals surface area contributed by atoms with Gasteiger partial charge in [0.25, 0.3) is 0 Å². The Kier molecular flexibility index (Phi) is 5.38. The van der Waals surface area contributed by atoms with Crippen LogP contribution in [0.25, 0.3) is 0 Å². The summed E-state index contributed by atoms with van der Waals surface area (Å²) in [7, 11) is 0. The van der Waals surface area contributed by atoms with E-state index in [-0.39, 0.29) is 17.6 Å². The Morgan fingerprint density at radius 2 is 2.16 bits per heavy atom. The number of anilines is 1. The quantitative estimate of drug-likeness (QED) is 0.847. The zero-order chi connectivity index (χ0) is 17.7. The normalized spacial score (nSPS) is 17.4. The first kappa shape index (κ1) is 17.5. The molecule has 3 rings (SSSR count). The number of amides is 2. The van der Waals surface area contributed by atoms with Gasteiger partial charge in [-0.05, 0) is 18.4 Å². The fraction of sp³-hybridized carbons (Fsp3) is 0.474. The second-order valence-corrected chi connectivity index (χ2v) is 7.14. The van der Waals surface area contributed by atoms with Crippen molar-refractivity contribution >= 4 is 11.7 Å². The van der Waals surface area contributed by atoms with Crippen molar-refractivity contribution in [2.45, 2.75) is 44.8 Å². The van der Waals surface area contributed by atoms with Gasteiger partial charge in [-0.25, -0.2) is 4.79 Å². The van der Waals surface area contributed by atoms with Crippen molar-refractivity contribution in [3.63, 3.8) is 0 Å². The fourth-order valence-corrected chi connectivity index (χ4v) is 2.99. The second kappa shape index (κ2) is 7.70. The summed E-state index contributed by atoms with van der Waals surface area (Å²) in [5, 5.41) is 10.1. The zero-order valence-corrected chi connectivity index (χ0v) is 14.9. The first-order valence-corrected chi connectivity index (χ1v) is 8.77. The van der Waals surface area contributed by atoms with Crippen LogP contribution in [0.3, 0.4) is 0 Å². The minimum atomic E-state index is -0.222. The Hall–Kier alpha value is -2.34. The van der Waals surface area contributed by atoms with E-state index in [2.05, 4.69) is 41.7 Å². The van der Waals surface area contributed by atoms with Crippen molar-refractivity contribution < 1.29 is 9.53 Å².